The van der Waals surface area contributed by atoms with Crippen LogP contribution in [-0.4, -0.2) is 29.2 Å². The lowest BCUT2D eigenvalue weighted by Gasteiger charge is -2.15. The van der Waals surface area contributed by atoms with Crippen molar-refractivity contribution in [2.75, 3.05) is 0 Å². The van der Waals surface area contributed by atoms with Crippen molar-refractivity contribution in [1.29, 1.82) is 0 Å². The van der Waals surface area contributed by atoms with Crippen LogP contribution in [0.2, 0.25) is 0 Å². The van der Waals surface area contributed by atoms with E-state index in [1.165, 1.54) is 0 Å². The van der Waals surface area contributed by atoms with Gasteiger partial charge >= 0.3 is 12.1 Å². The van der Waals surface area contributed by atoms with E-state index in [-0.39, 0.29) is 18.4 Å². The van der Waals surface area contributed by atoms with E-state index in [9.17, 15) is 27.2 Å². The van der Waals surface area contributed by atoms with Gasteiger partial charge in [0, 0.05) is 6.54 Å². The van der Waals surface area contributed by atoms with Gasteiger partial charge in [-0.1, -0.05) is 6.07 Å². The predicted octanol–water partition coefficient (Wildman–Crippen LogP) is 2.09. The molecule has 5 nitrogen and oxygen atoms in total. The lowest BCUT2D eigenvalue weighted by Crippen LogP contribution is -2.35. The highest BCUT2D eigenvalue weighted by atomic mass is 19.4. The first-order valence-corrected chi connectivity index (χ1v) is 6.70. The van der Waals surface area contributed by atoms with Crippen LogP contribution in [0, 0.1) is 5.82 Å². The Hall–Kier alpha value is -2.16. The van der Waals surface area contributed by atoms with Crippen molar-refractivity contribution < 1.29 is 37.0 Å². The van der Waals surface area contributed by atoms with Crippen molar-refractivity contribution >= 4 is 11.9 Å². The molecule has 1 saturated heterocycles. The highest BCUT2D eigenvalue weighted by Crippen LogP contribution is 2.32. The molecule has 0 bridgehead atoms. The maximum atomic E-state index is 13.0. The molecule has 0 aliphatic carbocycles. The van der Waals surface area contributed by atoms with Crippen molar-refractivity contribution in [2.45, 2.75) is 37.8 Å². The van der Waals surface area contributed by atoms with Crippen molar-refractivity contribution in [2.24, 2.45) is 0 Å². The average molecular weight is 335 g/mol. The van der Waals surface area contributed by atoms with Gasteiger partial charge < -0.3 is 15.2 Å². The summed E-state index contributed by atoms with van der Waals surface area (Å²) in [6.07, 6.45) is -6.55. The molecule has 0 saturated carbocycles. The normalized spacial score (nSPS) is 21.2. The fraction of sp³-hybridized carbons (Fsp3) is 0.429. The van der Waals surface area contributed by atoms with Crippen LogP contribution in [0.4, 0.5) is 17.6 Å². The van der Waals surface area contributed by atoms with Crippen LogP contribution < -0.4 is 5.32 Å². The van der Waals surface area contributed by atoms with Crippen LogP contribution >= 0.6 is 0 Å². The van der Waals surface area contributed by atoms with E-state index in [1.54, 1.807) is 0 Å². The van der Waals surface area contributed by atoms with Gasteiger partial charge in [-0.25, -0.2) is 9.18 Å². The lowest BCUT2D eigenvalue weighted by atomic mass is 10.1. The van der Waals surface area contributed by atoms with E-state index < -0.39 is 48.2 Å². The Labute approximate surface area is 128 Å². The molecule has 1 aromatic carbocycles. The number of amides is 1. The largest absolute Gasteiger partial charge is 0.479 e. The Kier molecular flexibility index (Phi) is 4.88. The van der Waals surface area contributed by atoms with Crippen LogP contribution in [0.5, 0.6) is 0 Å². The number of carboxylic acids is 1. The zero-order valence-corrected chi connectivity index (χ0v) is 11.7. The van der Waals surface area contributed by atoms with E-state index >= 15 is 0 Å². The van der Waals surface area contributed by atoms with E-state index in [0.29, 0.717) is 6.07 Å². The predicted molar refractivity (Wildman–Crippen MR) is 68.8 cm³/mol. The number of nitrogens with one attached hydrogen (secondary N) is 1. The monoisotopic (exact) mass is 335 g/mol. The smallest absolute Gasteiger partial charge is 0.416 e. The fourth-order valence-electron chi connectivity index (χ4n) is 2.27. The zero-order chi connectivity index (χ0) is 17.2. The minimum atomic E-state index is -4.75. The Bertz CT molecular complexity index is 617. The number of rotatable bonds is 4. The van der Waals surface area contributed by atoms with Gasteiger partial charge in [0.05, 0.1) is 5.56 Å². The quantitative estimate of drug-likeness (QED) is 0.826. The first-order valence-electron chi connectivity index (χ1n) is 6.70. The van der Waals surface area contributed by atoms with Crippen LogP contribution in [0.15, 0.2) is 18.2 Å². The summed E-state index contributed by atoms with van der Waals surface area (Å²) in [6.45, 7) is -0.467. The fourth-order valence-corrected chi connectivity index (χ4v) is 2.27. The van der Waals surface area contributed by atoms with Crippen LogP contribution in [0.1, 0.15) is 24.0 Å². The third-order valence-corrected chi connectivity index (χ3v) is 3.42. The molecule has 1 heterocycles. The Morgan fingerprint density at radius 1 is 1.26 bits per heavy atom. The third kappa shape index (κ3) is 4.19. The molecule has 126 valence electrons. The van der Waals surface area contributed by atoms with Crippen molar-refractivity contribution in [3.8, 4) is 0 Å². The molecule has 0 unspecified atom stereocenters. The molecular weight excluding hydrogens is 322 g/mol. The molecule has 1 fully saturated rings. The number of benzene rings is 1. The van der Waals surface area contributed by atoms with Crippen molar-refractivity contribution in [1.82, 2.24) is 5.32 Å². The van der Waals surface area contributed by atoms with Gasteiger partial charge in [0.2, 0.25) is 5.91 Å². The van der Waals surface area contributed by atoms with Gasteiger partial charge in [-0.3, -0.25) is 4.79 Å². The van der Waals surface area contributed by atoms with Crippen LogP contribution in [0.3, 0.4) is 0 Å². The molecule has 1 aromatic rings. The van der Waals surface area contributed by atoms with Crippen LogP contribution in [-0.2, 0) is 27.0 Å². The lowest BCUT2D eigenvalue weighted by molar-refractivity contribution is -0.152. The second kappa shape index (κ2) is 6.53. The van der Waals surface area contributed by atoms with Gasteiger partial charge in [-0.05, 0) is 30.5 Å². The molecule has 2 atom stereocenters. The first kappa shape index (κ1) is 17.2. The number of aliphatic carboxylic acids is 1. The summed E-state index contributed by atoms with van der Waals surface area (Å²) in [5.74, 6) is -2.93. The minimum absolute atomic E-state index is 0.151. The Morgan fingerprint density at radius 2 is 1.91 bits per heavy atom. The molecule has 0 spiro atoms. The number of alkyl halides is 3. The van der Waals surface area contributed by atoms with E-state index in [4.69, 9.17) is 9.84 Å². The maximum Gasteiger partial charge on any atom is 0.416 e. The standard InChI is InChI=1S/C14H13F4NO4/c15-8-2-1-7(9(5-8)14(16,17)18)6-19-12(20)10-3-4-11(23-10)13(21)22/h1-2,5,10-11H,3-4,6H2,(H,19,20)(H,21,22)/t10-,11+/m0/s1. The molecule has 0 radical (unpaired) electrons. The molecule has 0 aromatic heterocycles. The first-order chi connectivity index (χ1) is 10.7. The van der Waals surface area contributed by atoms with E-state index in [0.717, 1.165) is 12.1 Å². The summed E-state index contributed by atoms with van der Waals surface area (Å²) >= 11 is 0. The van der Waals surface area contributed by atoms with E-state index in [1.807, 2.05) is 0 Å². The summed E-state index contributed by atoms with van der Waals surface area (Å²) in [7, 11) is 0. The zero-order valence-electron chi connectivity index (χ0n) is 11.7. The number of hydrogen-bond donors (Lipinski definition) is 2. The second-order valence-electron chi connectivity index (χ2n) is 5.05. The molecule has 23 heavy (non-hydrogen) atoms. The number of carbonyl (C=O) groups excluding carboxylic acids is 1. The van der Waals surface area contributed by atoms with Gasteiger partial charge in [0.15, 0.2) is 6.10 Å². The third-order valence-electron chi connectivity index (χ3n) is 3.42. The summed E-state index contributed by atoms with van der Waals surface area (Å²) in [6, 6.07) is 2.16. The topological polar surface area (TPSA) is 75.6 Å². The molecule has 2 rings (SSSR count). The average Bonchev–Trinajstić information content (AvgIpc) is 2.94. The van der Waals surface area contributed by atoms with Crippen molar-refractivity contribution in [3.05, 3.63) is 35.1 Å². The number of hydrogen-bond acceptors (Lipinski definition) is 3. The Morgan fingerprint density at radius 3 is 2.48 bits per heavy atom. The van der Waals surface area contributed by atoms with Gasteiger partial charge in [0.1, 0.15) is 11.9 Å². The maximum absolute atomic E-state index is 13.0. The number of carboxylic acid groups (broad SMARTS) is 1. The van der Waals surface area contributed by atoms with Gasteiger partial charge in [-0.2, -0.15) is 13.2 Å². The van der Waals surface area contributed by atoms with Crippen molar-refractivity contribution in [3.63, 3.8) is 0 Å². The Balaban J connectivity index is 2.01. The highest BCUT2D eigenvalue weighted by molar-refractivity contribution is 5.82. The van der Waals surface area contributed by atoms with Crippen LogP contribution in [0.25, 0.3) is 0 Å². The second-order valence-corrected chi connectivity index (χ2v) is 5.05. The summed E-state index contributed by atoms with van der Waals surface area (Å²) in [5.41, 5.74) is -1.46. The summed E-state index contributed by atoms with van der Waals surface area (Å²) in [5, 5.41) is 11.0. The molecule has 9 heteroatoms. The van der Waals surface area contributed by atoms with Gasteiger partial charge in [0.25, 0.3) is 0 Å². The summed E-state index contributed by atoms with van der Waals surface area (Å²) in [4.78, 5) is 22.5. The molecular formula is C14H13F4NO4. The minimum Gasteiger partial charge on any atom is -0.479 e. The number of halogens is 4. The number of carbonyl (C=O) groups is 2. The highest BCUT2D eigenvalue weighted by Gasteiger charge is 2.36. The summed E-state index contributed by atoms with van der Waals surface area (Å²) < 4.78 is 56.4. The SMILES string of the molecule is O=C(NCc1ccc(F)cc1C(F)(F)F)[C@@H]1CC[C@H](C(=O)O)O1. The molecule has 1 aliphatic heterocycles. The molecule has 2 N–H and O–H groups in total. The molecule has 1 aliphatic rings. The van der Waals surface area contributed by atoms with Gasteiger partial charge in [-0.15, -0.1) is 0 Å². The van der Waals surface area contributed by atoms with E-state index in [2.05, 4.69) is 5.32 Å². The number of ether oxygens (including phenoxy) is 1. The molecule has 1 amide bonds.